The fourth-order valence-corrected chi connectivity index (χ4v) is 2.99. The Labute approximate surface area is 125 Å². The fourth-order valence-electron chi connectivity index (χ4n) is 2.99. The highest BCUT2D eigenvalue weighted by Gasteiger charge is 2.15. The monoisotopic (exact) mass is 281 g/mol. The molecule has 21 heavy (non-hydrogen) atoms. The van der Waals surface area contributed by atoms with Gasteiger partial charge in [0.15, 0.2) is 0 Å². The molecule has 3 aromatic rings. The highest BCUT2D eigenvalue weighted by molar-refractivity contribution is 6.59. The van der Waals surface area contributed by atoms with E-state index in [-0.39, 0.29) is 0 Å². The molecule has 0 aliphatic rings. The van der Waals surface area contributed by atoms with Crippen LogP contribution in [0.3, 0.4) is 0 Å². The summed E-state index contributed by atoms with van der Waals surface area (Å²) in [6.07, 6.45) is 3.59. The molecule has 0 amide bonds. The van der Waals surface area contributed by atoms with Crippen molar-refractivity contribution >= 4 is 34.4 Å². The number of hydrogen-bond acceptors (Lipinski definition) is 2. The van der Waals surface area contributed by atoms with Crippen LogP contribution in [0.2, 0.25) is 0 Å². The van der Waals surface area contributed by atoms with Crippen molar-refractivity contribution in [3.05, 3.63) is 42.5 Å². The van der Waals surface area contributed by atoms with E-state index < -0.39 is 7.12 Å². The van der Waals surface area contributed by atoms with Gasteiger partial charge in [0, 0.05) is 28.4 Å². The van der Waals surface area contributed by atoms with Gasteiger partial charge in [0.2, 0.25) is 0 Å². The maximum atomic E-state index is 9.38. The van der Waals surface area contributed by atoms with Crippen LogP contribution in [0.15, 0.2) is 42.5 Å². The second kappa shape index (κ2) is 5.92. The molecule has 0 aliphatic carbocycles. The average molecular weight is 281 g/mol. The molecule has 3 nitrogen and oxygen atoms in total. The quantitative estimate of drug-likeness (QED) is 0.558. The third-order valence-electron chi connectivity index (χ3n) is 4.08. The van der Waals surface area contributed by atoms with Crippen molar-refractivity contribution in [2.75, 3.05) is 0 Å². The molecule has 3 rings (SSSR count). The predicted molar refractivity (Wildman–Crippen MR) is 88.8 cm³/mol. The Morgan fingerprint density at radius 3 is 2.48 bits per heavy atom. The molecule has 2 N–H and O–H groups in total. The maximum absolute atomic E-state index is 9.38. The molecule has 1 heterocycles. The summed E-state index contributed by atoms with van der Waals surface area (Å²) in [5.74, 6) is 0. The molecular formula is C17H20BNO2. The largest absolute Gasteiger partial charge is 0.488 e. The van der Waals surface area contributed by atoms with Crippen molar-refractivity contribution in [1.82, 2.24) is 4.57 Å². The minimum Gasteiger partial charge on any atom is -0.423 e. The Balaban J connectivity index is 2.19. The lowest BCUT2D eigenvalue weighted by atomic mass is 9.80. The van der Waals surface area contributed by atoms with Gasteiger partial charge in [-0.3, -0.25) is 0 Å². The van der Waals surface area contributed by atoms with Gasteiger partial charge in [-0.1, -0.05) is 50.1 Å². The summed E-state index contributed by atoms with van der Waals surface area (Å²) < 4.78 is 2.34. The predicted octanol–water partition coefficient (Wildman–Crippen LogP) is 2.66. The third-order valence-corrected chi connectivity index (χ3v) is 4.08. The van der Waals surface area contributed by atoms with Crippen molar-refractivity contribution in [2.45, 2.75) is 32.7 Å². The number of nitrogens with zero attached hydrogens (tertiary/aromatic N) is 1. The van der Waals surface area contributed by atoms with E-state index >= 15 is 0 Å². The zero-order chi connectivity index (χ0) is 14.8. The van der Waals surface area contributed by atoms with Crippen LogP contribution in [-0.2, 0) is 6.54 Å². The number of para-hydroxylation sites is 1. The number of rotatable bonds is 5. The van der Waals surface area contributed by atoms with Gasteiger partial charge in [-0.15, -0.1) is 0 Å². The number of aryl methyl sites for hydroxylation is 1. The Bertz CT molecular complexity index is 764. The Morgan fingerprint density at radius 2 is 1.71 bits per heavy atom. The fraction of sp³-hybridized carbons (Fsp3) is 0.294. The van der Waals surface area contributed by atoms with E-state index in [2.05, 4.69) is 29.7 Å². The molecule has 4 heteroatoms. The van der Waals surface area contributed by atoms with Gasteiger partial charge in [0.25, 0.3) is 0 Å². The van der Waals surface area contributed by atoms with Crippen molar-refractivity contribution in [2.24, 2.45) is 0 Å². The van der Waals surface area contributed by atoms with Gasteiger partial charge in [-0.05, 0) is 24.0 Å². The second-order valence-corrected chi connectivity index (χ2v) is 5.53. The summed E-state index contributed by atoms with van der Waals surface area (Å²) in [6, 6.07) is 14.0. The summed E-state index contributed by atoms with van der Waals surface area (Å²) >= 11 is 0. The lowest BCUT2D eigenvalue weighted by Gasteiger charge is -2.07. The molecule has 0 unspecified atom stereocenters. The minimum atomic E-state index is -1.42. The number of unbranched alkanes of at least 4 members (excludes halogenated alkanes) is 2. The molecule has 0 atom stereocenters. The molecule has 0 aliphatic heterocycles. The third kappa shape index (κ3) is 2.57. The SMILES string of the molecule is CCCCCn1c2ccccc2c2cc(B(O)O)ccc21. The van der Waals surface area contributed by atoms with E-state index in [0.717, 1.165) is 23.9 Å². The van der Waals surface area contributed by atoms with Crippen LogP contribution in [0.25, 0.3) is 21.8 Å². The Kier molecular flexibility index (Phi) is 4.00. The first-order valence-corrected chi connectivity index (χ1v) is 7.59. The first kappa shape index (κ1) is 14.2. The molecule has 2 aromatic carbocycles. The number of fused-ring (bicyclic) bond motifs is 3. The number of aromatic nitrogens is 1. The summed E-state index contributed by atoms with van der Waals surface area (Å²) in [4.78, 5) is 0. The van der Waals surface area contributed by atoms with Gasteiger partial charge in [-0.2, -0.15) is 0 Å². The first-order chi connectivity index (χ1) is 10.2. The zero-order valence-electron chi connectivity index (χ0n) is 12.3. The smallest absolute Gasteiger partial charge is 0.423 e. The van der Waals surface area contributed by atoms with Crippen LogP contribution in [0.1, 0.15) is 26.2 Å². The summed E-state index contributed by atoms with van der Waals surface area (Å²) in [6.45, 7) is 3.21. The van der Waals surface area contributed by atoms with E-state index in [9.17, 15) is 10.0 Å². The molecule has 0 saturated heterocycles. The lowest BCUT2D eigenvalue weighted by molar-refractivity contribution is 0.426. The Hall–Kier alpha value is -1.78. The van der Waals surface area contributed by atoms with Crippen LogP contribution in [0.5, 0.6) is 0 Å². The van der Waals surface area contributed by atoms with Crippen LogP contribution < -0.4 is 5.46 Å². The average Bonchev–Trinajstić information content (AvgIpc) is 2.81. The van der Waals surface area contributed by atoms with E-state index in [0.29, 0.717) is 5.46 Å². The van der Waals surface area contributed by atoms with Crippen molar-refractivity contribution in [1.29, 1.82) is 0 Å². The van der Waals surface area contributed by atoms with Crippen molar-refractivity contribution < 1.29 is 10.0 Å². The summed E-state index contributed by atoms with van der Waals surface area (Å²) in [5.41, 5.74) is 2.92. The highest BCUT2D eigenvalue weighted by Crippen LogP contribution is 2.28. The van der Waals surface area contributed by atoms with Crippen molar-refractivity contribution in [3.63, 3.8) is 0 Å². The number of hydrogen-bond donors (Lipinski definition) is 2. The number of benzene rings is 2. The zero-order valence-corrected chi connectivity index (χ0v) is 12.3. The Morgan fingerprint density at radius 1 is 0.952 bits per heavy atom. The second-order valence-electron chi connectivity index (χ2n) is 5.53. The molecule has 1 aromatic heterocycles. The molecule has 0 fully saturated rings. The van der Waals surface area contributed by atoms with E-state index in [4.69, 9.17) is 0 Å². The van der Waals surface area contributed by atoms with E-state index in [1.807, 2.05) is 18.2 Å². The molecular weight excluding hydrogens is 261 g/mol. The van der Waals surface area contributed by atoms with E-state index in [1.165, 1.54) is 23.7 Å². The first-order valence-electron chi connectivity index (χ1n) is 7.59. The topological polar surface area (TPSA) is 45.4 Å². The maximum Gasteiger partial charge on any atom is 0.488 e. The molecule has 0 bridgehead atoms. The van der Waals surface area contributed by atoms with Crippen LogP contribution in [0.4, 0.5) is 0 Å². The highest BCUT2D eigenvalue weighted by atomic mass is 16.4. The van der Waals surface area contributed by atoms with Gasteiger partial charge < -0.3 is 14.6 Å². The summed E-state index contributed by atoms with van der Waals surface area (Å²) in [5, 5.41) is 21.0. The van der Waals surface area contributed by atoms with E-state index in [1.54, 1.807) is 6.07 Å². The molecule has 108 valence electrons. The van der Waals surface area contributed by atoms with Crippen LogP contribution in [0, 0.1) is 0 Å². The molecule has 0 saturated carbocycles. The standard InChI is InChI=1S/C17H20BNO2/c1-2-3-6-11-19-16-8-5-4-7-14(16)15-12-13(18(20)21)9-10-17(15)19/h4-5,7-10,12,20-21H,2-3,6,11H2,1H3. The minimum absolute atomic E-state index is 0.541. The van der Waals surface area contributed by atoms with Gasteiger partial charge in [0.1, 0.15) is 0 Å². The lowest BCUT2D eigenvalue weighted by Crippen LogP contribution is -2.29. The van der Waals surface area contributed by atoms with Crippen LogP contribution in [-0.4, -0.2) is 21.7 Å². The normalized spacial score (nSPS) is 11.4. The molecule has 0 radical (unpaired) electrons. The van der Waals surface area contributed by atoms with Gasteiger partial charge in [-0.25, -0.2) is 0 Å². The molecule has 0 spiro atoms. The van der Waals surface area contributed by atoms with Gasteiger partial charge in [0.05, 0.1) is 0 Å². The summed E-state index contributed by atoms with van der Waals surface area (Å²) in [7, 11) is -1.42. The van der Waals surface area contributed by atoms with Crippen molar-refractivity contribution in [3.8, 4) is 0 Å². The van der Waals surface area contributed by atoms with Gasteiger partial charge >= 0.3 is 7.12 Å². The van der Waals surface area contributed by atoms with Crippen LogP contribution >= 0.6 is 0 Å².